The zero-order valence-electron chi connectivity index (χ0n) is 14.1. The van der Waals surface area contributed by atoms with Gasteiger partial charge in [0.1, 0.15) is 5.82 Å². The van der Waals surface area contributed by atoms with E-state index in [1.807, 2.05) is 12.1 Å². The molecule has 4 aromatic rings. The molecule has 0 unspecified atom stereocenters. The van der Waals surface area contributed by atoms with Gasteiger partial charge in [0.25, 0.3) is 11.8 Å². The topological polar surface area (TPSA) is 68.0 Å². The SMILES string of the molecule is O=C(Nc1ccccc1-c1nc(-c2ccc(F)cc2)no1)c1ccccc1. The van der Waals surface area contributed by atoms with E-state index in [2.05, 4.69) is 15.5 Å². The number of carbonyl (C=O) groups excluding carboxylic acids is 1. The number of para-hydroxylation sites is 1. The summed E-state index contributed by atoms with van der Waals surface area (Å²) in [6.45, 7) is 0. The number of anilines is 1. The number of hydrogen-bond acceptors (Lipinski definition) is 4. The van der Waals surface area contributed by atoms with Crippen molar-refractivity contribution >= 4 is 11.6 Å². The van der Waals surface area contributed by atoms with Crippen molar-refractivity contribution in [3.8, 4) is 22.8 Å². The number of rotatable bonds is 4. The first-order chi connectivity index (χ1) is 13.2. The number of hydrogen-bond donors (Lipinski definition) is 1. The van der Waals surface area contributed by atoms with Crippen LogP contribution in [0.4, 0.5) is 10.1 Å². The van der Waals surface area contributed by atoms with Crippen molar-refractivity contribution in [2.75, 3.05) is 5.32 Å². The van der Waals surface area contributed by atoms with Crippen LogP contribution in [0.1, 0.15) is 10.4 Å². The highest BCUT2D eigenvalue weighted by Crippen LogP contribution is 2.28. The fourth-order valence-electron chi connectivity index (χ4n) is 2.61. The molecule has 0 fully saturated rings. The van der Waals surface area contributed by atoms with Crippen LogP contribution in [-0.2, 0) is 0 Å². The molecule has 0 atom stereocenters. The number of nitrogens with zero attached hydrogens (tertiary/aromatic N) is 2. The molecule has 1 N–H and O–H groups in total. The van der Waals surface area contributed by atoms with Gasteiger partial charge in [-0.1, -0.05) is 35.5 Å². The summed E-state index contributed by atoms with van der Waals surface area (Å²) in [5.41, 5.74) is 2.34. The lowest BCUT2D eigenvalue weighted by atomic mass is 10.1. The number of aromatic nitrogens is 2. The maximum atomic E-state index is 13.1. The normalized spacial score (nSPS) is 10.6. The fourth-order valence-corrected chi connectivity index (χ4v) is 2.61. The molecule has 1 amide bonds. The zero-order valence-corrected chi connectivity index (χ0v) is 14.1. The first-order valence-corrected chi connectivity index (χ1v) is 8.26. The Balaban J connectivity index is 1.63. The van der Waals surface area contributed by atoms with Crippen molar-refractivity contribution < 1.29 is 13.7 Å². The molecule has 5 nitrogen and oxygen atoms in total. The maximum Gasteiger partial charge on any atom is 0.260 e. The van der Waals surface area contributed by atoms with E-state index in [4.69, 9.17) is 4.52 Å². The molecule has 27 heavy (non-hydrogen) atoms. The fraction of sp³-hybridized carbons (Fsp3) is 0. The summed E-state index contributed by atoms with van der Waals surface area (Å²) in [6, 6.07) is 21.9. The van der Waals surface area contributed by atoms with Crippen molar-refractivity contribution in [1.29, 1.82) is 0 Å². The average Bonchev–Trinajstić information content (AvgIpc) is 3.19. The van der Waals surface area contributed by atoms with Gasteiger partial charge in [-0.3, -0.25) is 4.79 Å². The van der Waals surface area contributed by atoms with Crippen molar-refractivity contribution in [2.45, 2.75) is 0 Å². The van der Waals surface area contributed by atoms with E-state index in [1.165, 1.54) is 12.1 Å². The van der Waals surface area contributed by atoms with E-state index < -0.39 is 0 Å². The van der Waals surface area contributed by atoms with Gasteiger partial charge < -0.3 is 9.84 Å². The van der Waals surface area contributed by atoms with E-state index in [-0.39, 0.29) is 17.6 Å². The van der Waals surface area contributed by atoms with Gasteiger partial charge in [0.2, 0.25) is 5.82 Å². The molecular weight excluding hydrogens is 345 g/mol. The Morgan fingerprint density at radius 3 is 2.37 bits per heavy atom. The van der Waals surface area contributed by atoms with Gasteiger partial charge in [-0.25, -0.2) is 4.39 Å². The van der Waals surface area contributed by atoms with Crippen LogP contribution in [0.5, 0.6) is 0 Å². The Labute approximate surface area is 154 Å². The lowest BCUT2D eigenvalue weighted by Gasteiger charge is -2.08. The predicted molar refractivity (Wildman–Crippen MR) is 99.5 cm³/mol. The molecule has 3 aromatic carbocycles. The van der Waals surface area contributed by atoms with Crippen LogP contribution in [0, 0.1) is 5.82 Å². The summed E-state index contributed by atoms with van der Waals surface area (Å²) in [5, 5.41) is 6.82. The smallest absolute Gasteiger partial charge is 0.260 e. The number of carbonyl (C=O) groups is 1. The maximum absolute atomic E-state index is 13.1. The highest BCUT2D eigenvalue weighted by Gasteiger charge is 2.16. The lowest BCUT2D eigenvalue weighted by Crippen LogP contribution is -2.12. The molecule has 0 spiro atoms. The second-order valence-electron chi connectivity index (χ2n) is 5.80. The van der Waals surface area contributed by atoms with Gasteiger partial charge in [0, 0.05) is 11.1 Å². The van der Waals surface area contributed by atoms with E-state index in [0.29, 0.717) is 28.2 Å². The highest BCUT2D eigenvalue weighted by atomic mass is 19.1. The molecule has 4 rings (SSSR count). The van der Waals surface area contributed by atoms with Gasteiger partial charge in [-0.05, 0) is 48.5 Å². The van der Waals surface area contributed by atoms with Crippen LogP contribution >= 0.6 is 0 Å². The van der Waals surface area contributed by atoms with Crippen molar-refractivity contribution in [3.63, 3.8) is 0 Å². The molecule has 0 aliphatic heterocycles. The third kappa shape index (κ3) is 3.59. The second kappa shape index (κ2) is 7.21. The number of amides is 1. The number of benzene rings is 3. The van der Waals surface area contributed by atoms with Crippen molar-refractivity contribution in [1.82, 2.24) is 10.1 Å². The van der Waals surface area contributed by atoms with E-state index in [9.17, 15) is 9.18 Å². The minimum absolute atomic E-state index is 0.235. The Kier molecular flexibility index (Phi) is 4.45. The Bertz CT molecular complexity index is 1080. The third-order valence-corrected chi connectivity index (χ3v) is 3.97. The molecule has 0 saturated heterocycles. The van der Waals surface area contributed by atoms with Gasteiger partial charge in [-0.15, -0.1) is 0 Å². The summed E-state index contributed by atoms with van der Waals surface area (Å²) >= 11 is 0. The van der Waals surface area contributed by atoms with Gasteiger partial charge >= 0.3 is 0 Å². The van der Waals surface area contributed by atoms with Gasteiger partial charge in [0.15, 0.2) is 0 Å². The van der Waals surface area contributed by atoms with Gasteiger partial charge in [-0.2, -0.15) is 4.98 Å². The van der Waals surface area contributed by atoms with Crippen LogP contribution in [0.15, 0.2) is 83.4 Å². The van der Waals surface area contributed by atoms with Crippen LogP contribution in [0.2, 0.25) is 0 Å². The molecule has 1 heterocycles. The zero-order chi connectivity index (χ0) is 18.6. The van der Waals surface area contributed by atoms with E-state index in [0.717, 1.165) is 0 Å². The van der Waals surface area contributed by atoms with Crippen LogP contribution in [-0.4, -0.2) is 16.0 Å². The molecule has 0 bridgehead atoms. The molecule has 0 radical (unpaired) electrons. The number of nitrogens with one attached hydrogen (secondary N) is 1. The monoisotopic (exact) mass is 359 g/mol. The average molecular weight is 359 g/mol. The molecular formula is C21H14FN3O2. The Morgan fingerprint density at radius 2 is 1.59 bits per heavy atom. The van der Waals surface area contributed by atoms with Crippen LogP contribution in [0.3, 0.4) is 0 Å². The molecule has 0 aliphatic rings. The molecule has 132 valence electrons. The predicted octanol–water partition coefficient (Wildman–Crippen LogP) is 4.80. The molecule has 0 aliphatic carbocycles. The van der Waals surface area contributed by atoms with Crippen molar-refractivity contribution in [3.05, 3.63) is 90.2 Å². The third-order valence-electron chi connectivity index (χ3n) is 3.97. The minimum atomic E-state index is -0.337. The highest BCUT2D eigenvalue weighted by molar-refractivity contribution is 6.05. The Hall–Kier alpha value is -3.80. The first-order valence-electron chi connectivity index (χ1n) is 8.26. The molecule has 1 aromatic heterocycles. The van der Waals surface area contributed by atoms with Crippen LogP contribution < -0.4 is 5.32 Å². The van der Waals surface area contributed by atoms with Crippen LogP contribution in [0.25, 0.3) is 22.8 Å². The second-order valence-corrected chi connectivity index (χ2v) is 5.80. The minimum Gasteiger partial charge on any atom is -0.334 e. The van der Waals surface area contributed by atoms with Gasteiger partial charge in [0.05, 0.1) is 11.3 Å². The number of halogens is 1. The standard InChI is InChI=1S/C21H14FN3O2/c22-16-12-10-14(11-13-16)19-24-21(27-25-19)17-8-4-5-9-18(17)23-20(26)15-6-2-1-3-7-15/h1-13H,(H,23,26). The quantitative estimate of drug-likeness (QED) is 0.568. The summed E-state index contributed by atoms with van der Waals surface area (Å²) in [7, 11) is 0. The first kappa shape index (κ1) is 16.7. The van der Waals surface area contributed by atoms with E-state index >= 15 is 0 Å². The summed E-state index contributed by atoms with van der Waals surface area (Å²) in [6.07, 6.45) is 0. The van der Waals surface area contributed by atoms with E-state index in [1.54, 1.807) is 54.6 Å². The summed E-state index contributed by atoms with van der Waals surface area (Å²) in [5.74, 6) is 0.0326. The largest absolute Gasteiger partial charge is 0.334 e. The molecule has 0 saturated carbocycles. The lowest BCUT2D eigenvalue weighted by molar-refractivity contribution is 0.102. The summed E-state index contributed by atoms with van der Waals surface area (Å²) < 4.78 is 18.4. The summed E-state index contributed by atoms with van der Waals surface area (Å²) in [4.78, 5) is 16.8. The molecule has 6 heteroatoms. The Morgan fingerprint density at radius 1 is 0.889 bits per heavy atom. The van der Waals surface area contributed by atoms with Crippen molar-refractivity contribution in [2.24, 2.45) is 0 Å².